The van der Waals surface area contributed by atoms with Crippen LogP contribution in [0.15, 0.2) is 140 Å². The van der Waals surface area contributed by atoms with Crippen LogP contribution in [0, 0.1) is 11.7 Å². The SMILES string of the molecule is CC(C)CCCc1ccccc1.CC(C)N1CCN(C(=O)c2ccccc2)CC1.CC(C)N1CCN(CCc2ccccc2)CC1.CC(C)N1CCN(Cc2ccc(F)cc2)CC1.CCCCN1CCN(C(C)C)CC1.COc1ccc(CN2CCN(C(C)C)CC2)cc1. The van der Waals surface area contributed by atoms with Crippen LogP contribution in [0.5, 0.6) is 5.75 Å². The Balaban J connectivity index is 0.000000205. The first-order valence-corrected chi connectivity index (χ1v) is 36.7. The zero-order chi connectivity index (χ0) is 68.0. The zero-order valence-electron chi connectivity index (χ0n) is 61.6. The van der Waals surface area contributed by atoms with Crippen molar-refractivity contribution in [1.82, 2.24) is 49.0 Å². The van der Waals surface area contributed by atoms with Gasteiger partial charge in [-0.15, -0.1) is 0 Å². The van der Waals surface area contributed by atoms with E-state index in [1.165, 1.54) is 152 Å². The summed E-state index contributed by atoms with van der Waals surface area (Å²) in [6.45, 7) is 56.8. The third kappa shape index (κ3) is 31.9. The molecular weight excluding hydrogens is 1160 g/mol. The van der Waals surface area contributed by atoms with Crippen molar-refractivity contribution in [3.63, 3.8) is 0 Å². The fourth-order valence-corrected chi connectivity index (χ4v) is 12.6. The fraction of sp³-hybridized carbons (Fsp3) is 0.617. The van der Waals surface area contributed by atoms with Gasteiger partial charge in [-0.05, 0) is 166 Å². The summed E-state index contributed by atoms with van der Waals surface area (Å²) in [5.74, 6) is 1.78. The van der Waals surface area contributed by atoms with Gasteiger partial charge in [0.05, 0.1) is 7.11 Å². The first-order valence-electron chi connectivity index (χ1n) is 36.7. The molecule has 5 fully saturated rings. The van der Waals surface area contributed by atoms with E-state index < -0.39 is 0 Å². The van der Waals surface area contributed by atoms with Crippen LogP contribution in [-0.2, 0) is 25.9 Å². The highest BCUT2D eigenvalue weighted by Gasteiger charge is 2.25. The van der Waals surface area contributed by atoms with E-state index in [1.54, 1.807) is 19.2 Å². The largest absolute Gasteiger partial charge is 0.497 e. The van der Waals surface area contributed by atoms with Crippen LogP contribution in [-0.4, -0.2) is 236 Å². The molecule has 0 N–H and O–H groups in total. The van der Waals surface area contributed by atoms with Gasteiger partial charge in [0.15, 0.2) is 0 Å². The molecule has 12 nitrogen and oxygen atoms in total. The Labute approximate surface area is 573 Å². The molecule has 5 saturated heterocycles. The second-order valence-electron chi connectivity index (χ2n) is 28.4. The number of nitrogens with zero attached hydrogens (tertiary/aromatic N) is 10. The van der Waals surface area contributed by atoms with Gasteiger partial charge in [0, 0.05) is 186 Å². The highest BCUT2D eigenvalue weighted by molar-refractivity contribution is 5.94. The summed E-state index contributed by atoms with van der Waals surface area (Å²) < 4.78 is 18.0. The molecule has 0 unspecified atom stereocenters. The van der Waals surface area contributed by atoms with E-state index in [4.69, 9.17) is 4.74 Å². The van der Waals surface area contributed by atoms with Crippen LogP contribution in [0.4, 0.5) is 4.39 Å². The van der Waals surface area contributed by atoms with Crippen LogP contribution in [0.1, 0.15) is 148 Å². The van der Waals surface area contributed by atoms with Crippen LogP contribution in [0.2, 0.25) is 0 Å². The molecular formula is C81H131FN10O2. The molecule has 0 saturated carbocycles. The van der Waals surface area contributed by atoms with Gasteiger partial charge in [-0.2, -0.15) is 0 Å². The zero-order valence-corrected chi connectivity index (χ0v) is 61.6. The van der Waals surface area contributed by atoms with Crippen molar-refractivity contribution in [3.05, 3.63) is 173 Å². The number of aryl methyl sites for hydroxylation is 1. The average Bonchev–Trinajstić information content (AvgIpc) is 1.20. The maximum atomic E-state index is 12.8. The number of carbonyl (C=O) groups excluding carboxylic acids is 1. The molecule has 0 radical (unpaired) electrons. The first-order chi connectivity index (χ1) is 45.3. The van der Waals surface area contributed by atoms with Gasteiger partial charge in [0.2, 0.25) is 0 Å². The Morgan fingerprint density at radius 2 is 0.723 bits per heavy atom. The normalized spacial score (nSPS) is 17.7. The molecule has 5 aromatic rings. The molecule has 94 heavy (non-hydrogen) atoms. The fourth-order valence-electron chi connectivity index (χ4n) is 12.6. The predicted octanol–water partition coefficient (Wildman–Crippen LogP) is 14.2. The average molecular weight is 1300 g/mol. The topological polar surface area (TPSA) is 58.7 Å². The quantitative estimate of drug-likeness (QED) is 0.0706. The van der Waals surface area contributed by atoms with Crippen molar-refractivity contribution in [2.45, 2.75) is 172 Å². The molecule has 0 bridgehead atoms. The Morgan fingerprint density at radius 3 is 1.09 bits per heavy atom. The third-order valence-corrected chi connectivity index (χ3v) is 19.3. The number of hydrogen-bond donors (Lipinski definition) is 0. The molecule has 5 heterocycles. The van der Waals surface area contributed by atoms with Gasteiger partial charge < -0.3 is 19.4 Å². The van der Waals surface area contributed by atoms with Gasteiger partial charge in [-0.1, -0.05) is 137 Å². The number of piperazine rings is 5. The minimum atomic E-state index is -0.154. The molecule has 5 aliphatic heterocycles. The van der Waals surface area contributed by atoms with Crippen molar-refractivity contribution in [2.24, 2.45) is 5.92 Å². The van der Waals surface area contributed by atoms with Crippen molar-refractivity contribution in [3.8, 4) is 5.75 Å². The number of benzene rings is 5. The number of carbonyl (C=O) groups is 1. The third-order valence-electron chi connectivity index (χ3n) is 19.3. The first kappa shape index (κ1) is 79.6. The summed E-state index contributed by atoms with van der Waals surface area (Å²) in [7, 11) is 1.71. The Hall–Kier alpha value is -5.06. The number of unbranched alkanes of at least 4 members (excludes halogenated alkanes) is 1. The smallest absolute Gasteiger partial charge is 0.253 e. The van der Waals surface area contributed by atoms with E-state index in [2.05, 4.69) is 207 Å². The highest BCUT2D eigenvalue weighted by Crippen LogP contribution is 2.17. The van der Waals surface area contributed by atoms with Crippen molar-refractivity contribution in [2.75, 3.05) is 151 Å². The van der Waals surface area contributed by atoms with E-state index >= 15 is 0 Å². The highest BCUT2D eigenvalue weighted by atomic mass is 19.1. The Bertz CT molecular complexity index is 2640. The van der Waals surface area contributed by atoms with Crippen molar-refractivity contribution < 1.29 is 13.9 Å². The number of halogens is 1. The Morgan fingerprint density at radius 1 is 0.383 bits per heavy atom. The molecule has 1 amide bonds. The maximum Gasteiger partial charge on any atom is 0.253 e. The molecule has 0 spiro atoms. The Kier molecular flexibility index (Phi) is 38.5. The lowest BCUT2D eigenvalue weighted by atomic mass is 10.0. The lowest BCUT2D eigenvalue weighted by molar-refractivity contribution is 0.0595. The standard InChI is InChI=1S/C15H24N2O.C15H24N2.C14H21FN2.C14H20N2O.C12H18.C11H24N2/c1-13(2)17-10-8-16(9-11-17)12-14-4-6-15(18-3)7-5-14;1-14(2)17-12-10-16(11-13-17)9-8-15-6-4-3-5-7-15;1-12(2)17-9-7-16(8-10-17)11-13-3-5-14(15)6-4-13;1-12(2)15-8-10-16(11-9-15)14(17)13-6-4-3-5-7-13;1-11(2)7-6-10-12-8-4-3-5-9-12;1-4-5-6-12-7-9-13(10-8-12)11(2)3/h4-7,13H,8-12H2,1-3H3;3-7,14H,8-13H2,1-2H3;3-6,12H,7-11H2,1-2H3;3-7,12H,8-11H2,1-2H3;3-5,8-9,11H,6-7,10H2,1-2H3;11H,4-10H2,1-3H3. The van der Waals surface area contributed by atoms with Crippen LogP contribution in [0.3, 0.4) is 0 Å². The number of ether oxygens (including phenoxy) is 1. The summed E-state index contributed by atoms with van der Waals surface area (Å²) in [5.41, 5.74) is 6.29. The van der Waals surface area contributed by atoms with Gasteiger partial charge in [0.25, 0.3) is 5.91 Å². The minimum Gasteiger partial charge on any atom is -0.497 e. The van der Waals surface area contributed by atoms with Crippen molar-refractivity contribution in [1.29, 1.82) is 0 Å². The molecule has 10 rings (SSSR count). The van der Waals surface area contributed by atoms with E-state index in [0.717, 1.165) is 88.7 Å². The lowest BCUT2D eigenvalue weighted by Crippen LogP contribution is -2.50. The van der Waals surface area contributed by atoms with Gasteiger partial charge in [-0.25, -0.2) is 4.39 Å². The van der Waals surface area contributed by atoms with E-state index in [0.29, 0.717) is 24.2 Å². The molecule has 524 valence electrons. The number of hydrogen-bond acceptors (Lipinski definition) is 11. The molecule has 13 heteroatoms. The van der Waals surface area contributed by atoms with E-state index in [9.17, 15) is 9.18 Å². The lowest BCUT2D eigenvalue weighted by Gasteiger charge is -2.36. The van der Waals surface area contributed by atoms with Gasteiger partial charge in [0.1, 0.15) is 11.6 Å². The van der Waals surface area contributed by atoms with Gasteiger partial charge in [-0.3, -0.25) is 39.1 Å². The molecule has 5 aromatic carbocycles. The van der Waals surface area contributed by atoms with Crippen LogP contribution in [0.25, 0.3) is 0 Å². The summed E-state index contributed by atoms with van der Waals surface area (Å²) in [4.78, 5) is 36.9. The summed E-state index contributed by atoms with van der Waals surface area (Å²) in [6, 6.07) is 49.6. The molecule has 5 aliphatic rings. The summed E-state index contributed by atoms with van der Waals surface area (Å²) in [5, 5.41) is 0. The number of amides is 1. The van der Waals surface area contributed by atoms with Gasteiger partial charge >= 0.3 is 0 Å². The number of methoxy groups -OCH3 is 1. The monoisotopic (exact) mass is 1300 g/mol. The minimum absolute atomic E-state index is 0.154. The predicted molar refractivity (Wildman–Crippen MR) is 398 cm³/mol. The van der Waals surface area contributed by atoms with Crippen molar-refractivity contribution >= 4 is 5.91 Å². The molecule has 0 aliphatic carbocycles. The van der Waals surface area contributed by atoms with Crippen LogP contribution < -0.4 is 4.74 Å². The second-order valence-corrected chi connectivity index (χ2v) is 28.4. The molecule has 0 atom stereocenters. The molecule has 0 aromatic heterocycles. The second kappa shape index (κ2) is 45.4. The summed E-state index contributed by atoms with van der Waals surface area (Å²) >= 11 is 0. The van der Waals surface area contributed by atoms with Crippen LogP contribution >= 0.6 is 0 Å². The maximum absolute atomic E-state index is 12.8. The number of rotatable bonds is 21. The van der Waals surface area contributed by atoms with E-state index in [1.807, 2.05) is 59.5 Å². The van der Waals surface area contributed by atoms with E-state index in [-0.39, 0.29) is 11.7 Å². The summed E-state index contributed by atoms with van der Waals surface area (Å²) in [6.07, 6.45) is 7.77.